The molecule has 0 atom stereocenters. The van der Waals surface area contributed by atoms with Gasteiger partial charge in [0, 0.05) is 6.54 Å². The maximum atomic E-state index is 11.4. The first-order valence-corrected chi connectivity index (χ1v) is 6.55. The highest BCUT2D eigenvalue weighted by atomic mass is 16.5. The van der Waals surface area contributed by atoms with Crippen LogP contribution in [0.4, 0.5) is 9.59 Å². The number of amides is 2. The van der Waals surface area contributed by atoms with Crippen molar-refractivity contribution in [2.24, 2.45) is 5.73 Å². The van der Waals surface area contributed by atoms with Crippen LogP contribution in [0.3, 0.4) is 0 Å². The number of carbonyl (C=O) groups excluding carboxylic acids is 2. The Bertz CT molecular complexity index is 409. The normalized spacial score (nSPS) is 9.80. The monoisotopic (exact) mass is 280 g/mol. The molecule has 3 N–H and O–H groups in total. The van der Waals surface area contributed by atoms with Crippen molar-refractivity contribution in [2.75, 3.05) is 13.2 Å². The minimum atomic E-state index is -0.757. The fraction of sp³-hybridized carbons (Fsp3) is 0.429. The van der Waals surface area contributed by atoms with Gasteiger partial charge in [0.15, 0.2) is 0 Å². The quantitative estimate of drug-likeness (QED) is 0.714. The molecule has 0 aromatic heterocycles. The Morgan fingerprint density at radius 3 is 2.50 bits per heavy atom. The van der Waals surface area contributed by atoms with Crippen LogP contribution in [0.15, 0.2) is 30.3 Å². The largest absolute Gasteiger partial charge is 0.450 e. The minimum absolute atomic E-state index is 0.263. The molecule has 0 aliphatic rings. The topological polar surface area (TPSA) is 90.7 Å². The van der Waals surface area contributed by atoms with Crippen molar-refractivity contribution in [2.45, 2.75) is 25.9 Å². The number of nitrogens with one attached hydrogen (secondary N) is 1. The number of benzene rings is 1. The van der Waals surface area contributed by atoms with E-state index in [1.807, 2.05) is 30.3 Å². The third kappa shape index (κ3) is 7.97. The number of rotatable bonds is 8. The average molecular weight is 280 g/mol. The van der Waals surface area contributed by atoms with Gasteiger partial charge in [0.2, 0.25) is 0 Å². The molecule has 6 nitrogen and oxygen atoms in total. The summed E-state index contributed by atoms with van der Waals surface area (Å²) in [5.74, 6) is 0. The Kier molecular flexibility index (Phi) is 7.64. The second-order valence-electron chi connectivity index (χ2n) is 4.22. The second-order valence-corrected chi connectivity index (χ2v) is 4.22. The van der Waals surface area contributed by atoms with Crippen LogP contribution in [0.25, 0.3) is 0 Å². The number of ether oxygens (including phenoxy) is 2. The number of hydrogen-bond acceptors (Lipinski definition) is 4. The summed E-state index contributed by atoms with van der Waals surface area (Å²) >= 11 is 0. The Labute approximate surface area is 118 Å². The minimum Gasteiger partial charge on any atom is -0.450 e. The molecule has 20 heavy (non-hydrogen) atoms. The number of carbonyl (C=O) groups is 2. The van der Waals surface area contributed by atoms with Gasteiger partial charge in [-0.15, -0.1) is 0 Å². The maximum Gasteiger partial charge on any atom is 0.407 e. The van der Waals surface area contributed by atoms with Gasteiger partial charge in [0.1, 0.15) is 6.61 Å². The molecule has 0 aliphatic heterocycles. The van der Waals surface area contributed by atoms with Gasteiger partial charge in [0.05, 0.1) is 6.61 Å². The third-order valence-electron chi connectivity index (χ3n) is 2.55. The van der Waals surface area contributed by atoms with Gasteiger partial charge >= 0.3 is 12.2 Å². The van der Waals surface area contributed by atoms with Crippen LogP contribution in [0.5, 0.6) is 0 Å². The summed E-state index contributed by atoms with van der Waals surface area (Å²) in [5, 5.41) is 2.66. The Morgan fingerprint density at radius 2 is 1.80 bits per heavy atom. The smallest absolute Gasteiger partial charge is 0.407 e. The van der Waals surface area contributed by atoms with E-state index in [0.29, 0.717) is 13.2 Å². The summed E-state index contributed by atoms with van der Waals surface area (Å²) in [7, 11) is 0. The molecule has 2 amide bonds. The summed E-state index contributed by atoms with van der Waals surface area (Å²) in [6.07, 6.45) is 1.17. The molecule has 0 bridgehead atoms. The fourth-order valence-corrected chi connectivity index (χ4v) is 1.54. The lowest BCUT2D eigenvalue weighted by molar-refractivity contribution is 0.139. The summed E-state index contributed by atoms with van der Waals surface area (Å²) in [5.41, 5.74) is 5.77. The van der Waals surface area contributed by atoms with Gasteiger partial charge in [-0.1, -0.05) is 30.3 Å². The van der Waals surface area contributed by atoms with E-state index in [0.717, 1.165) is 24.8 Å². The lowest BCUT2D eigenvalue weighted by Gasteiger charge is -2.07. The van der Waals surface area contributed by atoms with Gasteiger partial charge in [-0.25, -0.2) is 9.59 Å². The van der Waals surface area contributed by atoms with E-state index in [4.69, 9.17) is 10.5 Å². The van der Waals surface area contributed by atoms with Gasteiger partial charge < -0.3 is 20.5 Å². The third-order valence-corrected chi connectivity index (χ3v) is 2.55. The molecule has 0 aliphatic carbocycles. The average Bonchev–Trinajstić information content (AvgIpc) is 2.45. The van der Waals surface area contributed by atoms with Gasteiger partial charge in [0.25, 0.3) is 0 Å². The van der Waals surface area contributed by atoms with Crippen molar-refractivity contribution in [3.05, 3.63) is 35.9 Å². The molecular formula is C14H20N2O4. The van der Waals surface area contributed by atoms with Crippen LogP contribution >= 0.6 is 0 Å². The summed E-state index contributed by atoms with van der Waals surface area (Å²) in [4.78, 5) is 21.7. The number of alkyl carbamates (subject to hydrolysis) is 1. The standard InChI is InChI=1S/C14H20N2O4/c15-13(17)19-10-6-2-5-9-16-14(18)20-11-12-7-3-1-4-8-12/h1,3-4,7-8H,2,5-6,9-11H2,(H2,15,17)(H,16,18). The number of nitrogens with two attached hydrogens (primary N) is 1. The van der Waals surface area contributed by atoms with Gasteiger partial charge in [-0.05, 0) is 24.8 Å². The maximum absolute atomic E-state index is 11.4. The highest BCUT2D eigenvalue weighted by Crippen LogP contribution is 2.00. The van der Waals surface area contributed by atoms with Gasteiger partial charge in [-0.2, -0.15) is 0 Å². The van der Waals surface area contributed by atoms with E-state index in [1.165, 1.54) is 0 Å². The second kappa shape index (κ2) is 9.66. The zero-order valence-electron chi connectivity index (χ0n) is 11.3. The molecule has 0 saturated heterocycles. The van der Waals surface area contributed by atoms with Crippen LogP contribution in [0.1, 0.15) is 24.8 Å². The molecule has 110 valence electrons. The van der Waals surface area contributed by atoms with Crippen LogP contribution < -0.4 is 11.1 Å². The predicted molar refractivity (Wildman–Crippen MR) is 74.0 cm³/mol. The summed E-state index contributed by atoms with van der Waals surface area (Å²) in [6, 6.07) is 9.49. The van der Waals surface area contributed by atoms with Crippen molar-refractivity contribution in [1.29, 1.82) is 0 Å². The summed E-state index contributed by atoms with van der Waals surface area (Å²) < 4.78 is 9.64. The van der Waals surface area contributed by atoms with Crippen LogP contribution in [0.2, 0.25) is 0 Å². The molecule has 0 fully saturated rings. The Balaban J connectivity index is 1.96. The van der Waals surface area contributed by atoms with E-state index in [-0.39, 0.29) is 6.61 Å². The van der Waals surface area contributed by atoms with Crippen LogP contribution in [-0.2, 0) is 16.1 Å². The van der Waals surface area contributed by atoms with E-state index in [1.54, 1.807) is 0 Å². The first-order valence-electron chi connectivity index (χ1n) is 6.55. The van der Waals surface area contributed by atoms with Crippen molar-refractivity contribution in [3.8, 4) is 0 Å². The Morgan fingerprint density at radius 1 is 1.05 bits per heavy atom. The first-order chi connectivity index (χ1) is 9.68. The zero-order chi connectivity index (χ0) is 14.6. The molecule has 0 radical (unpaired) electrons. The summed E-state index contributed by atoms with van der Waals surface area (Å²) in [6.45, 7) is 1.11. The molecular weight excluding hydrogens is 260 g/mol. The fourth-order valence-electron chi connectivity index (χ4n) is 1.54. The van der Waals surface area contributed by atoms with Gasteiger partial charge in [-0.3, -0.25) is 0 Å². The predicted octanol–water partition coefficient (Wildman–Crippen LogP) is 2.18. The molecule has 1 aromatic carbocycles. The van der Waals surface area contributed by atoms with Crippen molar-refractivity contribution >= 4 is 12.2 Å². The molecule has 0 heterocycles. The molecule has 6 heteroatoms. The lowest BCUT2D eigenvalue weighted by atomic mass is 10.2. The van der Waals surface area contributed by atoms with Crippen molar-refractivity contribution in [1.82, 2.24) is 5.32 Å². The SMILES string of the molecule is NC(=O)OCCCCCNC(=O)OCc1ccccc1. The first kappa shape index (κ1) is 15.8. The van der Waals surface area contributed by atoms with Crippen LogP contribution in [-0.4, -0.2) is 25.3 Å². The van der Waals surface area contributed by atoms with Crippen LogP contribution in [0, 0.1) is 0 Å². The van der Waals surface area contributed by atoms with Crippen molar-refractivity contribution in [3.63, 3.8) is 0 Å². The molecule has 0 spiro atoms. The molecule has 0 unspecified atom stereocenters. The number of primary amides is 1. The highest BCUT2D eigenvalue weighted by molar-refractivity contribution is 5.67. The van der Waals surface area contributed by atoms with E-state index < -0.39 is 12.2 Å². The number of hydrogen-bond donors (Lipinski definition) is 2. The molecule has 0 saturated carbocycles. The molecule has 1 aromatic rings. The Hall–Kier alpha value is -2.24. The van der Waals surface area contributed by atoms with E-state index >= 15 is 0 Å². The van der Waals surface area contributed by atoms with E-state index in [9.17, 15) is 9.59 Å². The highest BCUT2D eigenvalue weighted by Gasteiger charge is 2.01. The van der Waals surface area contributed by atoms with E-state index in [2.05, 4.69) is 10.1 Å². The molecule has 1 rings (SSSR count). The lowest BCUT2D eigenvalue weighted by Crippen LogP contribution is -2.25. The number of unbranched alkanes of at least 4 members (excludes halogenated alkanes) is 2. The zero-order valence-corrected chi connectivity index (χ0v) is 11.3. The van der Waals surface area contributed by atoms with Crippen molar-refractivity contribution < 1.29 is 19.1 Å².